The monoisotopic (exact) mass is 753 g/mol. The lowest BCUT2D eigenvalue weighted by Crippen LogP contribution is -2.00. The van der Waals surface area contributed by atoms with Gasteiger partial charge in [0.05, 0.1) is 0 Å². The quantitative estimate of drug-likeness (QED) is 0.163. The standard InChI is InChI=1S/C55H35N3O/c1-3-13-36(14-4-1)39-27-30-40(31-28-39)53-56-54(46-22-10-20-43(35-46)44-32-29-38-17-7-8-18-41(38)33-44)58-55(57-53)49-25-12-26-50-51(49)48-24-11-23-47(52(48)59-50)45-21-9-19-42(34-45)37-15-5-2-6-16-37/h1-35H. The molecule has 4 nitrogen and oxygen atoms in total. The molecular formula is C55H35N3O. The van der Waals surface area contributed by atoms with Gasteiger partial charge in [-0.05, 0) is 74.0 Å². The van der Waals surface area contributed by atoms with E-state index >= 15 is 0 Å². The third-order valence-electron chi connectivity index (χ3n) is 11.1. The van der Waals surface area contributed by atoms with Crippen molar-refractivity contribution in [2.24, 2.45) is 0 Å². The van der Waals surface area contributed by atoms with Crippen LogP contribution < -0.4 is 0 Å². The van der Waals surface area contributed by atoms with E-state index in [2.05, 4.69) is 188 Å². The normalized spacial score (nSPS) is 11.4. The molecule has 0 bridgehead atoms. The van der Waals surface area contributed by atoms with Crippen LogP contribution in [0.3, 0.4) is 0 Å². The van der Waals surface area contributed by atoms with Gasteiger partial charge in [0.15, 0.2) is 17.5 Å². The van der Waals surface area contributed by atoms with Gasteiger partial charge in [0.25, 0.3) is 0 Å². The van der Waals surface area contributed by atoms with Gasteiger partial charge in [-0.1, -0.05) is 188 Å². The smallest absolute Gasteiger partial charge is 0.164 e. The summed E-state index contributed by atoms with van der Waals surface area (Å²) in [5.41, 5.74) is 13.3. The Bertz CT molecular complexity index is 3320. The van der Waals surface area contributed by atoms with Gasteiger partial charge in [0.2, 0.25) is 0 Å². The van der Waals surface area contributed by atoms with Crippen molar-refractivity contribution in [3.8, 4) is 78.7 Å². The van der Waals surface area contributed by atoms with Gasteiger partial charge in [0, 0.05) is 33.0 Å². The number of aromatic nitrogens is 3. The largest absolute Gasteiger partial charge is 0.455 e. The van der Waals surface area contributed by atoms with Gasteiger partial charge >= 0.3 is 0 Å². The van der Waals surface area contributed by atoms with Crippen molar-refractivity contribution in [2.75, 3.05) is 0 Å². The van der Waals surface area contributed by atoms with Crippen molar-refractivity contribution in [3.63, 3.8) is 0 Å². The van der Waals surface area contributed by atoms with E-state index in [9.17, 15) is 0 Å². The summed E-state index contributed by atoms with van der Waals surface area (Å²) in [5, 5.41) is 4.39. The Morgan fingerprint density at radius 2 is 0.780 bits per heavy atom. The van der Waals surface area contributed by atoms with Gasteiger partial charge < -0.3 is 4.42 Å². The lowest BCUT2D eigenvalue weighted by atomic mass is 9.97. The van der Waals surface area contributed by atoms with Crippen molar-refractivity contribution in [1.82, 2.24) is 15.0 Å². The van der Waals surface area contributed by atoms with Crippen molar-refractivity contribution in [3.05, 3.63) is 212 Å². The molecule has 0 saturated carbocycles. The van der Waals surface area contributed by atoms with E-state index < -0.39 is 0 Å². The Morgan fingerprint density at radius 1 is 0.288 bits per heavy atom. The van der Waals surface area contributed by atoms with Gasteiger partial charge in [0.1, 0.15) is 11.2 Å². The molecule has 2 heterocycles. The highest BCUT2D eigenvalue weighted by atomic mass is 16.3. The molecule has 0 N–H and O–H groups in total. The van der Waals surface area contributed by atoms with Crippen LogP contribution in [0.2, 0.25) is 0 Å². The molecule has 4 heteroatoms. The molecule has 2 aromatic heterocycles. The second-order valence-corrected chi connectivity index (χ2v) is 14.8. The van der Waals surface area contributed by atoms with Crippen LogP contribution >= 0.6 is 0 Å². The van der Waals surface area contributed by atoms with Crippen LogP contribution in [0.15, 0.2) is 217 Å². The minimum absolute atomic E-state index is 0.582. The first-order valence-electron chi connectivity index (χ1n) is 19.8. The molecule has 0 aliphatic heterocycles. The Balaban J connectivity index is 1.07. The predicted molar refractivity (Wildman–Crippen MR) is 243 cm³/mol. The average molecular weight is 754 g/mol. The van der Waals surface area contributed by atoms with E-state index in [0.29, 0.717) is 17.5 Å². The van der Waals surface area contributed by atoms with Crippen LogP contribution in [0.1, 0.15) is 0 Å². The van der Waals surface area contributed by atoms with E-state index in [0.717, 1.165) is 77.6 Å². The number of hydrogen-bond acceptors (Lipinski definition) is 4. The molecule has 0 amide bonds. The van der Waals surface area contributed by atoms with Crippen LogP contribution in [-0.4, -0.2) is 15.0 Å². The minimum atomic E-state index is 0.582. The third kappa shape index (κ3) is 6.43. The lowest BCUT2D eigenvalue weighted by Gasteiger charge is -2.11. The van der Waals surface area contributed by atoms with Crippen molar-refractivity contribution < 1.29 is 4.42 Å². The fourth-order valence-electron chi connectivity index (χ4n) is 8.16. The summed E-state index contributed by atoms with van der Waals surface area (Å²) in [6.45, 7) is 0. The van der Waals surface area contributed by atoms with Crippen molar-refractivity contribution >= 4 is 32.7 Å². The summed E-state index contributed by atoms with van der Waals surface area (Å²) in [4.78, 5) is 15.6. The molecular weight excluding hydrogens is 719 g/mol. The Labute approximate surface area is 341 Å². The van der Waals surface area contributed by atoms with E-state index in [1.54, 1.807) is 0 Å². The van der Waals surface area contributed by atoms with E-state index in [-0.39, 0.29) is 0 Å². The maximum Gasteiger partial charge on any atom is 0.164 e. The van der Waals surface area contributed by atoms with Crippen molar-refractivity contribution in [1.29, 1.82) is 0 Å². The lowest BCUT2D eigenvalue weighted by molar-refractivity contribution is 0.670. The molecule has 0 atom stereocenters. The zero-order valence-corrected chi connectivity index (χ0v) is 32.0. The van der Waals surface area contributed by atoms with E-state index in [1.807, 2.05) is 24.3 Å². The molecule has 0 saturated heterocycles. The Morgan fingerprint density at radius 3 is 1.56 bits per heavy atom. The highest BCUT2D eigenvalue weighted by molar-refractivity contribution is 6.15. The van der Waals surface area contributed by atoms with Gasteiger partial charge in [-0.15, -0.1) is 0 Å². The molecule has 11 aromatic rings. The maximum atomic E-state index is 6.75. The second kappa shape index (κ2) is 14.5. The molecule has 0 radical (unpaired) electrons. The minimum Gasteiger partial charge on any atom is -0.455 e. The highest BCUT2D eigenvalue weighted by Gasteiger charge is 2.20. The SMILES string of the molecule is c1ccc(-c2ccc(-c3nc(-c4cccc(-c5ccc6ccccc6c5)c4)nc(-c4cccc5oc6c(-c7cccc(-c8ccccc8)c7)cccc6c45)n3)cc2)cc1. The van der Waals surface area contributed by atoms with Gasteiger partial charge in [-0.2, -0.15) is 0 Å². The molecule has 0 fully saturated rings. The molecule has 276 valence electrons. The molecule has 9 aromatic carbocycles. The zero-order valence-electron chi connectivity index (χ0n) is 32.0. The summed E-state index contributed by atoms with van der Waals surface area (Å²) in [7, 11) is 0. The molecule has 11 rings (SSSR count). The first-order valence-corrected chi connectivity index (χ1v) is 19.8. The number of furan rings is 1. The fourth-order valence-corrected chi connectivity index (χ4v) is 8.16. The van der Waals surface area contributed by atoms with Crippen LogP contribution in [0.4, 0.5) is 0 Å². The number of para-hydroxylation sites is 1. The van der Waals surface area contributed by atoms with Crippen LogP contribution in [0.25, 0.3) is 111 Å². The predicted octanol–water partition coefficient (Wildman–Crippen LogP) is 14.6. The summed E-state index contributed by atoms with van der Waals surface area (Å²) in [6.07, 6.45) is 0. The number of hydrogen-bond donors (Lipinski definition) is 0. The first-order chi connectivity index (χ1) is 29.2. The fraction of sp³-hybridized carbons (Fsp3) is 0. The van der Waals surface area contributed by atoms with Crippen LogP contribution in [-0.2, 0) is 0 Å². The number of benzene rings is 9. The Hall–Kier alpha value is -7.95. The summed E-state index contributed by atoms with van der Waals surface area (Å²) >= 11 is 0. The van der Waals surface area contributed by atoms with Crippen LogP contribution in [0, 0.1) is 0 Å². The van der Waals surface area contributed by atoms with Gasteiger partial charge in [-0.25, -0.2) is 15.0 Å². The highest BCUT2D eigenvalue weighted by Crippen LogP contribution is 2.41. The maximum absolute atomic E-state index is 6.75. The number of rotatable bonds is 7. The molecule has 0 aliphatic rings. The topological polar surface area (TPSA) is 51.8 Å². The van der Waals surface area contributed by atoms with E-state index in [1.165, 1.54) is 16.3 Å². The molecule has 0 spiro atoms. The number of fused-ring (bicyclic) bond motifs is 4. The average Bonchev–Trinajstić information content (AvgIpc) is 3.71. The van der Waals surface area contributed by atoms with Crippen molar-refractivity contribution in [2.45, 2.75) is 0 Å². The molecule has 0 aliphatic carbocycles. The second-order valence-electron chi connectivity index (χ2n) is 14.8. The summed E-state index contributed by atoms with van der Waals surface area (Å²) in [5.74, 6) is 1.78. The third-order valence-corrected chi connectivity index (χ3v) is 11.1. The molecule has 0 unspecified atom stereocenters. The van der Waals surface area contributed by atoms with Crippen LogP contribution in [0.5, 0.6) is 0 Å². The molecule has 59 heavy (non-hydrogen) atoms. The number of nitrogens with zero attached hydrogens (tertiary/aromatic N) is 3. The zero-order chi connectivity index (χ0) is 39.1. The van der Waals surface area contributed by atoms with E-state index in [4.69, 9.17) is 19.4 Å². The van der Waals surface area contributed by atoms with Gasteiger partial charge in [-0.3, -0.25) is 0 Å². The Kier molecular flexibility index (Phi) is 8.45. The summed E-state index contributed by atoms with van der Waals surface area (Å²) in [6, 6.07) is 74.0. The first kappa shape index (κ1) is 34.3. The summed E-state index contributed by atoms with van der Waals surface area (Å²) < 4.78 is 6.75.